The first kappa shape index (κ1) is 10.2. The first-order chi connectivity index (χ1) is 6.76. The van der Waals surface area contributed by atoms with Crippen molar-refractivity contribution in [2.75, 3.05) is 26.6 Å². The molecule has 4 heteroatoms. The number of hydrogen-bond acceptors (Lipinski definition) is 4. The van der Waals surface area contributed by atoms with Crippen molar-refractivity contribution in [3.05, 3.63) is 17.7 Å². The third-order valence-electron chi connectivity index (χ3n) is 1.88. The van der Waals surface area contributed by atoms with Crippen molar-refractivity contribution in [1.82, 2.24) is 0 Å². The number of nitriles is 1. The summed E-state index contributed by atoms with van der Waals surface area (Å²) >= 11 is 0. The number of rotatable bonds is 3. The summed E-state index contributed by atoms with van der Waals surface area (Å²) < 4.78 is 10.3. The van der Waals surface area contributed by atoms with E-state index in [-0.39, 0.29) is 0 Å². The van der Waals surface area contributed by atoms with Crippen molar-refractivity contribution < 1.29 is 9.47 Å². The lowest BCUT2D eigenvalue weighted by molar-refractivity contribution is 0.397. The van der Waals surface area contributed by atoms with Crippen molar-refractivity contribution in [3.63, 3.8) is 0 Å². The van der Waals surface area contributed by atoms with Crippen LogP contribution in [-0.2, 0) is 0 Å². The van der Waals surface area contributed by atoms with E-state index in [2.05, 4.69) is 5.32 Å². The van der Waals surface area contributed by atoms with Crippen LogP contribution < -0.4 is 14.8 Å². The molecular weight excluding hydrogens is 180 g/mol. The van der Waals surface area contributed by atoms with Crippen LogP contribution in [0.2, 0.25) is 0 Å². The maximum absolute atomic E-state index is 8.76. The van der Waals surface area contributed by atoms with Crippen LogP contribution in [-0.4, -0.2) is 21.3 Å². The zero-order valence-electron chi connectivity index (χ0n) is 8.42. The molecule has 0 atom stereocenters. The molecule has 0 saturated heterocycles. The first-order valence-corrected chi connectivity index (χ1v) is 4.10. The van der Waals surface area contributed by atoms with E-state index >= 15 is 0 Å². The number of anilines is 1. The summed E-state index contributed by atoms with van der Waals surface area (Å²) in [6.45, 7) is 0. The number of ether oxygens (including phenoxy) is 2. The van der Waals surface area contributed by atoms with Gasteiger partial charge in [0.2, 0.25) is 0 Å². The second kappa shape index (κ2) is 4.38. The SMILES string of the molecule is CNc1c(OC)cc(C#N)cc1OC. The molecule has 0 radical (unpaired) electrons. The molecule has 0 saturated carbocycles. The van der Waals surface area contributed by atoms with Gasteiger partial charge in [0.05, 0.1) is 25.9 Å². The molecule has 0 spiro atoms. The summed E-state index contributed by atoms with van der Waals surface area (Å²) in [7, 11) is 4.87. The van der Waals surface area contributed by atoms with Crippen LogP contribution in [0.3, 0.4) is 0 Å². The minimum atomic E-state index is 0.512. The van der Waals surface area contributed by atoms with Gasteiger partial charge in [-0.2, -0.15) is 5.26 Å². The smallest absolute Gasteiger partial charge is 0.147 e. The molecule has 0 aliphatic rings. The fourth-order valence-corrected chi connectivity index (χ4v) is 1.22. The Morgan fingerprint density at radius 1 is 1.21 bits per heavy atom. The van der Waals surface area contributed by atoms with E-state index in [1.165, 1.54) is 0 Å². The molecule has 4 nitrogen and oxygen atoms in total. The monoisotopic (exact) mass is 192 g/mol. The van der Waals surface area contributed by atoms with Crippen molar-refractivity contribution >= 4 is 5.69 Å². The minimum absolute atomic E-state index is 0.512. The topological polar surface area (TPSA) is 54.3 Å². The van der Waals surface area contributed by atoms with Gasteiger partial charge in [0.15, 0.2) is 0 Å². The van der Waals surface area contributed by atoms with Gasteiger partial charge in [-0.1, -0.05) is 0 Å². The van der Waals surface area contributed by atoms with Gasteiger partial charge in [-0.25, -0.2) is 0 Å². The molecule has 0 bridgehead atoms. The van der Waals surface area contributed by atoms with Gasteiger partial charge in [-0.05, 0) is 0 Å². The zero-order valence-corrected chi connectivity index (χ0v) is 8.42. The van der Waals surface area contributed by atoms with Crippen LogP contribution in [0.15, 0.2) is 12.1 Å². The van der Waals surface area contributed by atoms with Crippen LogP contribution in [0.25, 0.3) is 0 Å². The molecule has 1 aromatic carbocycles. The Kier molecular flexibility index (Phi) is 3.19. The number of nitrogens with one attached hydrogen (secondary N) is 1. The normalized spacial score (nSPS) is 9.00. The lowest BCUT2D eigenvalue weighted by Crippen LogP contribution is -1.98. The fourth-order valence-electron chi connectivity index (χ4n) is 1.22. The van der Waals surface area contributed by atoms with Crippen molar-refractivity contribution in [2.45, 2.75) is 0 Å². The summed E-state index contributed by atoms with van der Waals surface area (Å²) in [5.41, 5.74) is 1.26. The van der Waals surface area contributed by atoms with Crippen LogP contribution in [0, 0.1) is 11.3 Å². The largest absolute Gasteiger partial charge is 0.494 e. The van der Waals surface area contributed by atoms with Crippen molar-refractivity contribution in [2.24, 2.45) is 0 Å². The predicted molar refractivity (Wildman–Crippen MR) is 53.8 cm³/mol. The average molecular weight is 192 g/mol. The third-order valence-corrected chi connectivity index (χ3v) is 1.88. The lowest BCUT2D eigenvalue weighted by Gasteiger charge is -2.12. The second-order valence-electron chi connectivity index (χ2n) is 2.62. The minimum Gasteiger partial charge on any atom is -0.494 e. The highest BCUT2D eigenvalue weighted by molar-refractivity contribution is 5.68. The summed E-state index contributed by atoms with van der Waals surface area (Å²) in [5, 5.41) is 11.7. The Labute approximate surface area is 83.1 Å². The zero-order chi connectivity index (χ0) is 10.6. The average Bonchev–Trinajstić information content (AvgIpc) is 2.26. The molecule has 0 aromatic heterocycles. The summed E-state index contributed by atoms with van der Waals surface area (Å²) in [6, 6.07) is 5.36. The van der Waals surface area contributed by atoms with Gasteiger partial charge in [-0.3, -0.25) is 0 Å². The molecular formula is C10H12N2O2. The highest BCUT2D eigenvalue weighted by Gasteiger charge is 2.10. The van der Waals surface area contributed by atoms with Crippen LogP contribution in [0.5, 0.6) is 11.5 Å². The molecule has 1 rings (SSSR count). The maximum atomic E-state index is 8.76. The van der Waals surface area contributed by atoms with E-state index < -0.39 is 0 Å². The van der Waals surface area contributed by atoms with Gasteiger partial charge in [0, 0.05) is 19.2 Å². The highest BCUT2D eigenvalue weighted by atomic mass is 16.5. The number of benzene rings is 1. The standard InChI is InChI=1S/C10H12N2O2/c1-12-10-8(13-2)4-7(6-11)5-9(10)14-3/h4-5,12H,1-3H3. The van der Waals surface area contributed by atoms with Crippen LogP contribution >= 0.6 is 0 Å². The predicted octanol–water partition coefficient (Wildman–Crippen LogP) is 1.62. The van der Waals surface area contributed by atoms with Crippen molar-refractivity contribution in [3.8, 4) is 17.6 Å². The van der Waals surface area contributed by atoms with E-state index in [0.29, 0.717) is 17.1 Å². The Morgan fingerprint density at radius 3 is 2.00 bits per heavy atom. The summed E-state index contributed by atoms with van der Waals surface area (Å²) in [6.07, 6.45) is 0. The number of hydrogen-bond donors (Lipinski definition) is 1. The maximum Gasteiger partial charge on any atom is 0.147 e. The van der Waals surface area contributed by atoms with E-state index in [4.69, 9.17) is 14.7 Å². The van der Waals surface area contributed by atoms with Gasteiger partial charge in [0.1, 0.15) is 17.2 Å². The van der Waals surface area contributed by atoms with Gasteiger partial charge in [0.25, 0.3) is 0 Å². The van der Waals surface area contributed by atoms with Gasteiger partial charge >= 0.3 is 0 Å². The second-order valence-corrected chi connectivity index (χ2v) is 2.62. The first-order valence-electron chi connectivity index (χ1n) is 4.10. The quantitative estimate of drug-likeness (QED) is 0.790. The molecule has 0 amide bonds. The Bertz CT molecular complexity index is 344. The van der Waals surface area contributed by atoms with E-state index in [1.807, 2.05) is 6.07 Å². The lowest BCUT2D eigenvalue weighted by atomic mass is 10.2. The van der Waals surface area contributed by atoms with Crippen LogP contribution in [0.1, 0.15) is 5.56 Å². The highest BCUT2D eigenvalue weighted by Crippen LogP contribution is 2.35. The fraction of sp³-hybridized carbons (Fsp3) is 0.300. The molecule has 0 aliphatic heterocycles. The molecule has 0 unspecified atom stereocenters. The molecule has 0 aliphatic carbocycles. The van der Waals surface area contributed by atoms with Crippen molar-refractivity contribution in [1.29, 1.82) is 5.26 Å². The molecule has 1 N–H and O–H groups in total. The van der Waals surface area contributed by atoms with Gasteiger partial charge < -0.3 is 14.8 Å². The van der Waals surface area contributed by atoms with E-state index in [0.717, 1.165) is 5.69 Å². The Morgan fingerprint density at radius 2 is 1.71 bits per heavy atom. The Balaban J connectivity index is 3.33. The Hall–Kier alpha value is -1.89. The number of nitrogens with zero attached hydrogens (tertiary/aromatic N) is 1. The van der Waals surface area contributed by atoms with Crippen LogP contribution in [0.4, 0.5) is 5.69 Å². The van der Waals surface area contributed by atoms with Gasteiger partial charge in [-0.15, -0.1) is 0 Å². The summed E-state index contributed by atoms with van der Waals surface area (Å²) in [5.74, 6) is 1.20. The molecule has 14 heavy (non-hydrogen) atoms. The molecule has 0 heterocycles. The van der Waals surface area contributed by atoms with E-state index in [9.17, 15) is 0 Å². The number of methoxy groups -OCH3 is 2. The molecule has 0 fully saturated rings. The third kappa shape index (κ3) is 1.72. The van der Waals surface area contributed by atoms with E-state index in [1.54, 1.807) is 33.4 Å². The molecule has 1 aromatic rings. The summed E-state index contributed by atoms with van der Waals surface area (Å²) in [4.78, 5) is 0. The molecule has 74 valence electrons.